The van der Waals surface area contributed by atoms with Crippen LogP contribution in [0.2, 0.25) is 0 Å². The molecule has 1 aliphatic heterocycles. The summed E-state index contributed by atoms with van der Waals surface area (Å²) < 4.78 is 0. The molecule has 2 aromatic carbocycles. The van der Waals surface area contributed by atoms with E-state index in [0.717, 1.165) is 23.2 Å². The summed E-state index contributed by atoms with van der Waals surface area (Å²) in [7, 11) is 0. The molecule has 27 heavy (non-hydrogen) atoms. The molecular formula is C23H23N3O. The van der Waals surface area contributed by atoms with Gasteiger partial charge in [-0.3, -0.25) is 4.79 Å². The summed E-state index contributed by atoms with van der Waals surface area (Å²) in [4.78, 5) is 19.1. The summed E-state index contributed by atoms with van der Waals surface area (Å²) >= 11 is 0. The predicted octanol–water partition coefficient (Wildman–Crippen LogP) is 4.65. The fourth-order valence-electron chi connectivity index (χ4n) is 3.73. The molecular weight excluding hydrogens is 334 g/mol. The van der Waals surface area contributed by atoms with E-state index in [1.54, 1.807) is 0 Å². The molecule has 1 N–H and O–H groups in total. The normalized spacial score (nSPS) is 15.5. The third-order valence-corrected chi connectivity index (χ3v) is 5.11. The minimum Gasteiger partial charge on any atom is -0.337 e. The van der Waals surface area contributed by atoms with Gasteiger partial charge in [0.2, 0.25) is 5.91 Å². The van der Waals surface area contributed by atoms with Gasteiger partial charge in [0.25, 0.3) is 0 Å². The second kappa shape index (κ2) is 7.23. The van der Waals surface area contributed by atoms with Gasteiger partial charge in [-0.25, -0.2) is 4.98 Å². The van der Waals surface area contributed by atoms with E-state index in [0.29, 0.717) is 18.3 Å². The van der Waals surface area contributed by atoms with E-state index in [-0.39, 0.29) is 5.91 Å². The molecule has 0 radical (unpaired) electrons. The van der Waals surface area contributed by atoms with Crippen molar-refractivity contribution in [3.05, 3.63) is 83.6 Å². The molecule has 0 fully saturated rings. The Morgan fingerprint density at radius 3 is 2.67 bits per heavy atom. The maximum Gasteiger partial charge on any atom is 0.229 e. The van der Waals surface area contributed by atoms with Crippen LogP contribution in [0.15, 0.2) is 66.9 Å². The summed E-state index contributed by atoms with van der Waals surface area (Å²) in [6, 6.07) is 20.7. The average Bonchev–Trinajstić information content (AvgIpc) is 3.00. The van der Waals surface area contributed by atoms with E-state index in [1.807, 2.05) is 49.5 Å². The van der Waals surface area contributed by atoms with Crippen LogP contribution in [-0.2, 0) is 17.6 Å². The molecule has 1 aliphatic rings. The van der Waals surface area contributed by atoms with Crippen molar-refractivity contribution in [2.75, 3.05) is 10.2 Å². The van der Waals surface area contributed by atoms with Crippen LogP contribution >= 0.6 is 0 Å². The number of amides is 1. The van der Waals surface area contributed by atoms with Gasteiger partial charge in [-0.15, -0.1) is 0 Å². The average molecular weight is 357 g/mol. The number of hydrogen-bond acceptors (Lipinski definition) is 3. The zero-order valence-corrected chi connectivity index (χ0v) is 15.6. The molecule has 0 aliphatic carbocycles. The first-order chi connectivity index (χ1) is 13.1. The van der Waals surface area contributed by atoms with Crippen LogP contribution in [0.1, 0.15) is 23.6 Å². The Balaban J connectivity index is 1.47. The Bertz CT molecular complexity index is 965. The fraction of sp³-hybridized carbons (Fsp3) is 0.217. The molecule has 1 unspecified atom stereocenters. The van der Waals surface area contributed by atoms with Crippen molar-refractivity contribution in [2.24, 2.45) is 0 Å². The number of anilines is 3. The van der Waals surface area contributed by atoms with E-state index in [2.05, 4.69) is 46.4 Å². The number of para-hydroxylation sites is 1. The van der Waals surface area contributed by atoms with Crippen LogP contribution < -0.4 is 10.2 Å². The lowest BCUT2D eigenvalue weighted by Crippen LogP contribution is -2.24. The van der Waals surface area contributed by atoms with E-state index >= 15 is 0 Å². The number of aryl methyl sites for hydroxylation is 1. The summed E-state index contributed by atoms with van der Waals surface area (Å²) in [5.41, 5.74) is 5.81. The molecule has 4 nitrogen and oxygen atoms in total. The quantitative estimate of drug-likeness (QED) is 0.739. The van der Waals surface area contributed by atoms with E-state index in [9.17, 15) is 4.79 Å². The molecule has 0 spiro atoms. The smallest absolute Gasteiger partial charge is 0.229 e. The second-order valence-electron chi connectivity index (χ2n) is 7.10. The molecule has 3 aromatic rings. The third kappa shape index (κ3) is 3.56. The molecule has 1 amide bonds. The zero-order chi connectivity index (χ0) is 18.8. The minimum atomic E-state index is -0.0514. The molecule has 2 heterocycles. The number of carbonyl (C=O) groups excluding carboxylic acids is 1. The number of rotatable bonds is 4. The second-order valence-corrected chi connectivity index (χ2v) is 7.10. The number of fused-ring (bicyclic) bond motifs is 1. The maximum atomic E-state index is 12.3. The Morgan fingerprint density at radius 2 is 1.89 bits per heavy atom. The van der Waals surface area contributed by atoms with Gasteiger partial charge in [0.15, 0.2) is 0 Å². The SMILES string of the molecule is Cc1ccccc1CC(=O)Nc1ccc(N2c3ccccc3CC2C)cn1. The predicted molar refractivity (Wildman–Crippen MR) is 109 cm³/mol. The number of hydrogen-bond donors (Lipinski definition) is 1. The van der Waals surface area contributed by atoms with E-state index < -0.39 is 0 Å². The standard InChI is InChI=1S/C23H23N3O/c1-16-7-3-4-8-18(16)14-23(27)25-22-12-11-20(15-24-22)26-17(2)13-19-9-5-6-10-21(19)26/h3-12,15,17H,13-14H2,1-2H3,(H,24,25,27). The van der Waals surface area contributed by atoms with Crippen molar-refractivity contribution in [3.63, 3.8) is 0 Å². The van der Waals surface area contributed by atoms with Crippen molar-refractivity contribution < 1.29 is 4.79 Å². The van der Waals surface area contributed by atoms with Gasteiger partial charge in [-0.05, 0) is 55.2 Å². The van der Waals surface area contributed by atoms with Crippen LogP contribution in [0.5, 0.6) is 0 Å². The molecule has 1 aromatic heterocycles. The van der Waals surface area contributed by atoms with Crippen molar-refractivity contribution in [3.8, 4) is 0 Å². The number of nitrogens with one attached hydrogen (secondary N) is 1. The molecule has 4 rings (SSSR count). The molecule has 0 saturated carbocycles. The van der Waals surface area contributed by atoms with Gasteiger partial charge in [-0.1, -0.05) is 42.5 Å². The van der Waals surface area contributed by atoms with Crippen LogP contribution in [0, 0.1) is 6.92 Å². The van der Waals surface area contributed by atoms with Gasteiger partial charge < -0.3 is 10.2 Å². The monoisotopic (exact) mass is 357 g/mol. The molecule has 0 saturated heterocycles. The van der Waals surface area contributed by atoms with E-state index in [1.165, 1.54) is 11.3 Å². The molecule has 1 atom stereocenters. The lowest BCUT2D eigenvalue weighted by molar-refractivity contribution is -0.115. The number of aromatic nitrogens is 1. The van der Waals surface area contributed by atoms with Gasteiger partial charge in [0.05, 0.1) is 18.3 Å². The first-order valence-electron chi connectivity index (χ1n) is 9.29. The Labute approximate surface area is 159 Å². The maximum absolute atomic E-state index is 12.3. The third-order valence-electron chi connectivity index (χ3n) is 5.11. The van der Waals surface area contributed by atoms with Crippen molar-refractivity contribution in [1.82, 2.24) is 4.98 Å². The topological polar surface area (TPSA) is 45.2 Å². The minimum absolute atomic E-state index is 0.0514. The molecule has 0 bridgehead atoms. The van der Waals surface area contributed by atoms with E-state index in [4.69, 9.17) is 0 Å². The zero-order valence-electron chi connectivity index (χ0n) is 15.6. The van der Waals surface area contributed by atoms with Crippen LogP contribution in [0.25, 0.3) is 0 Å². The van der Waals surface area contributed by atoms with Crippen LogP contribution in [-0.4, -0.2) is 16.9 Å². The largest absolute Gasteiger partial charge is 0.337 e. The van der Waals surface area contributed by atoms with Gasteiger partial charge >= 0.3 is 0 Å². The van der Waals surface area contributed by atoms with Crippen LogP contribution in [0.3, 0.4) is 0 Å². The molecule has 136 valence electrons. The summed E-state index contributed by atoms with van der Waals surface area (Å²) in [6.45, 7) is 4.24. The van der Waals surface area contributed by atoms with Gasteiger partial charge in [0, 0.05) is 11.7 Å². The highest BCUT2D eigenvalue weighted by Gasteiger charge is 2.26. The highest BCUT2D eigenvalue weighted by atomic mass is 16.1. The van der Waals surface area contributed by atoms with Crippen molar-refractivity contribution in [2.45, 2.75) is 32.7 Å². The van der Waals surface area contributed by atoms with Gasteiger partial charge in [0.1, 0.15) is 5.82 Å². The number of benzene rings is 2. The summed E-state index contributed by atoms with van der Waals surface area (Å²) in [5, 5.41) is 2.90. The van der Waals surface area contributed by atoms with Gasteiger partial charge in [-0.2, -0.15) is 0 Å². The number of carbonyl (C=O) groups is 1. The lowest BCUT2D eigenvalue weighted by atomic mass is 10.1. The summed E-state index contributed by atoms with van der Waals surface area (Å²) in [6.07, 6.45) is 3.22. The number of nitrogens with zero attached hydrogens (tertiary/aromatic N) is 2. The first-order valence-corrected chi connectivity index (χ1v) is 9.29. The highest BCUT2D eigenvalue weighted by Crippen LogP contribution is 2.37. The first kappa shape index (κ1) is 17.3. The summed E-state index contributed by atoms with van der Waals surface area (Å²) in [5.74, 6) is 0.530. The van der Waals surface area contributed by atoms with Crippen LogP contribution in [0.4, 0.5) is 17.2 Å². The Morgan fingerprint density at radius 1 is 1.11 bits per heavy atom. The Kier molecular flexibility index (Phi) is 4.63. The number of pyridine rings is 1. The molecule has 4 heteroatoms. The fourth-order valence-corrected chi connectivity index (χ4v) is 3.73. The highest BCUT2D eigenvalue weighted by molar-refractivity contribution is 5.91. The lowest BCUT2D eigenvalue weighted by Gasteiger charge is -2.24. The van der Waals surface area contributed by atoms with Crippen molar-refractivity contribution >= 4 is 23.1 Å². The van der Waals surface area contributed by atoms with Crippen molar-refractivity contribution in [1.29, 1.82) is 0 Å². The Hall–Kier alpha value is -3.14.